The van der Waals surface area contributed by atoms with Gasteiger partial charge >= 0.3 is 0 Å². The van der Waals surface area contributed by atoms with E-state index in [1.54, 1.807) is 26.2 Å². The zero-order valence-electron chi connectivity index (χ0n) is 13.0. The summed E-state index contributed by atoms with van der Waals surface area (Å²) in [6.07, 6.45) is 1.71. The maximum absolute atomic E-state index is 12.3. The van der Waals surface area contributed by atoms with Gasteiger partial charge in [0.25, 0.3) is 10.0 Å². The van der Waals surface area contributed by atoms with Crippen LogP contribution in [0.1, 0.15) is 19.8 Å². The zero-order chi connectivity index (χ0) is 16.3. The maximum Gasteiger partial charge on any atom is 0.258 e. The molecule has 1 heterocycles. The van der Waals surface area contributed by atoms with Crippen LogP contribution in [-0.2, 0) is 14.8 Å². The number of nitrogens with one attached hydrogen (secondary N) is 2. The molecule has 1 aromatic rings. The van der Waals surface area contributed by atoms with Crippen molar-refractivity contribution in [3.63, 3.8) is 0 Å². The predicted octanol–water partition coefficient (Wildman–Crippen LogP) is 0.658. The van der Waals surface area contributed by atoms with E-state index in [2.05, 4.69) is 21.9 Å². The Balaban J connectivity index is 2.02. The normalized spacial score (nSPS) is 21.0. The molecule has 1 aliphatic carbocycles. The molecule has 8 heteroatoms. The first-order chi connectivity index (χ1) is 10.3. The molecule has 7 nitrogen and oxygen atoms in total. The highest BCUT2D eigenvalue weighted by molar-refractivity contribution is 7.89. The molecule has 0 spiro atoms. The number of hydrogen-bond acceptors (Lipinski definition) is 5. The van der Waals surface area contributed by atoms with Crippen LogP contribution >= 0.6 is 0 Å². The molecule has 0 atom stereocenters. The van der Waals surface area contributed by atoms with Crippen LogP contribution in [0.3, 0.4) is 0 Å². The lowest BCUT2D eigenvalue weighted by Crippen LogP contribution is -2.43. The molecule has 1 saturated carbocycles. The van der Waals surface area contributed by atoms with Gasteiger partial charge in [-0.05, 0) is 30.9 Å². The number of nitrogens with zero attached hydrogens (tertiary/aromatic N) is 2. The molecule has 1 aliphatic rings. The molecule has 0 saturated heterocycles. The molecule has 1 fully saturated rings. The lowest BCUT2D eigenvalue weighted by atomic mass is 9.83. The molecule has 0 aliphatic heterocycles. The Labute approximate surface area is 131 Å². The van der Waals surface area contributed by atoms with Gasteiger partial charge < -0.3 is 10.2 Å². The molecular weight excluding hydrogens is 304 g/mol. The van der Waals surface area contributed by atoms with Crippen LogP contribution in [0.5, 0.6) is 0 Å². The SMILES string of the molecule is CC1CC(NS(=O)(=O)c2cccc(NCC(=O)N(C)C)n2)C1. The Hall–Kier alpha value is -1.67. The van der Waals surface area contributed by atoms with Gasteiger partial charge in [0, 0.05) is 20.1 Å². The maximum atomic E-state index is 12.3. The molecule has 0 radical (unpaired) electrons. The minimum absolute atomic E-state index is 0.00580. The standard InChI is InChI=1S/C14H22N4O3S/c1-10-7-11(8-10)17-22(20,21)13-6-4-5-12(16-13)15-9-14(19)18(2)3/h4-6,10-11,17H,7-9H2,1-3H3,(H,15,16). The smallest absolute Gasteiger partial charge is 0.258 e. The monoisotopic (exact) mass is 326 g/mol. The van der Waals surface area contributed by atoms with Crippen LogP contribution in [0.4, 0.5) is 5.82 Å². The summed E-state index contributed by atoms with van der Waals surface area (Å²) in [6.45, 7) is 2.16. The summed E-state index contributed by atoms with van der Waals surface area (Å²) in [4.78, 5) is 17.1. The van der Waals surface area contributed by atoms with Crippen molar-refractivity contribution in [2.45, 2.75) is 30.8 Å². The lowest BCUT2D eigenvalue weighted by molar-refractivity contribution is -0.126. The van der Waals surface area contributed by atoms with Crippen molar-refractivity contribution in [2.24, 2.45) is 5.92 Å². The summed E-state index contributed by atoms with van der Waals surface area (Å²) >= 11 is 0. The summed E-state index contributed by atoms with van der Waals surface area (Å²) in [5.74, 6) is 0.808. The second kappa shape index (κ2) is 6.62. The Kier molecular flexibility index (Phi) is 5.02. The van der Waals surface area contributed by atoms with Crippen molar-refractivity contribution in [3.05, 3.63) is 18.2 Å². The van der Waals surface area contributed by atoms with Crippen LogP contribution < -0.4 is 10.0 Å². The Morgan fingerprint density at radius 1 is 1.36 bits per heavy atom. The van der Waals surface area contributed by atoms with E-state index in [-0.39, 0.29) is 23.5 Å². The van der Waals surface area contributed by atoms with Crippen LogP contribution in [-0.4, -0.2) is 50.9 Å². The van der Waals surface area contributed by atoms with Crippen LogP contribution in [0.25, 0.3) is 0 Å². The fraction of sp³-hybridized carbons (Fsp3) is 0.571. The molecule has 22 heavy (non-hydrogen) atoms. The third-order valence-corrected chi connectivity index (χ3v) is 5.04. The van der Waals surface area contributed by atoms with E-state index in [0.29, 0.717) is 11.7 Å². The first-order valence-electron chi connectivity index (χ1n) is 7.21. The molecule has 1 amide bonds. The number of pyridine rings is 1. The van der Waals surface area contributed by atoms with Crippen molar-refractivity contribution in [2.75, 3.05) is 26.0 Å². The van der Waals surface area contributed by atoms with Gasteiger partial charge in [0.2, 0.25) is 5.91 Å². The Morgan fingerprint density at radius 2 is 2.05 bits per heavy atom. The number of rotatable bonds is 6. The van der Waals surface area contributed by atoms with Gasteiger partial charge in [-0.3, -0.25) is 4.79 Å². The second-order valence-corrected chi connectivity index (χ2v) is 7.56. The van der Waals surface area contributed by atoms with Gasteiger partial charge in [-0.25, -0.2) is 18.1 Å². The van der Waals surface area contributed by atoms with E-state index >= 15 is 0 Å². The Bertz CT molecular complexity index is 639. The molecule has 2 rings (SSSR count). The molecule has 122 valence electrons. The third-order valence-electron chi connectivity index (χ3n) is 3.61. The number of sulfonamides is 1. The van der Waals surface area contributed by atoms with Gasteiger partial charge in [-0.2, -0.15) is 0 Å². The minimum Gasteiger partial charge on any atom is -0.361 e. The summed E-state index contributed by atoms with van der Waals surface area (Å²) in [5, 5.41) is 2.80. The van der Waals surface area contributed by atoms with E-state index in [1.165, 1.54) is 11.0 Å². The molecule has 0 unspecified atom stereocenters. The number of amides is 1. The summed E-state index contributed by atoms with van der Waals surface area (Å²) in [5.41, 5.74) is 0. The fourth-order valence-corrected chi connectivity index (χ4v) is 3.49. The number of hydrogen-bond donors (Lipinski definition) is 2. The van der Waals surface area contributed by atoms with Crippen molar-refractivity contribution < 1.29 is 13.2 Å². The average molecular weight is 326 g/mol. The highest BCUT2D eigenvalue weighted by atomic mass is 32.2. The molecule has 0 aromatic carbocycles. The largest absolute Gasteiger partial charge is 0.361 e. The van der Waals surface area contributed by atoms with Gasteiger partial charge in [-0.1, -0.05) is 13.0 Å². The number of anilines is 1. The van der Waals surface area contributed by atoms with Crippen molar-refractivity contribution >= 4 is 21.7 Å². The predicted molar refractivity (Wildman–Crippen MR) is 83.9 cm³/mol. The Morgan fingerprint density at radius 3 is 2.64 bits per heavy atom. The highest BCUT2D eigenvalue weighted by Gasteiger charge is 2.30. The average Bonchev–Trinajstić information content (AvgIpc) is 2.43. The third kappa shape index (κ3) is 4.17. The van der Waals surface area contributed by atoms with Gasteiger partial charge in [0.05, 0.1) is 6.54 Å². The van der Waals surface area contributed by atoms with Crippen LogP contribution in [0.15, 0.2) is 23.2 Å². The second-order valence-electron chi connectivity index (χ2n) is 5.90. The van der Waals surface area contributed by atoms with E-state index in [9.17, 15) is 13.2 Å². The van der Waals surface area contributed by atoms with E-state index in [4.69, 9.17) is 0 Å². The van der Waals surface area contributed by atoms with Crippen LogP contribution in [0, 0.1) is 5.92 Å². The quantitative estimate of drug-likeness (QED) is 0.801. The summed E-state index contributed by atoms with van der Waals surface area (Å²) < 4.78 is 27.2. The number of carbonyl (C=O) groups excluding carboxylic acids is 1. The van der Waals surface area contributed by atoms with E-state index in [0.717, 1.165) is 12.8 Å². The first kappa shape index (κ1) is 16.7. The summed E-state index contributed by atoms with van der Waals surface area (Å²) in [7, 11) is -0.308. The number of aromatic nitrogens is 1. The van der Waals surface area contributed by atoms with E-state index < -0.39 is 10.0 Å². The van der Waals surface area contributed by atoms with Gasteiger partial charge in [-0.15, -0.1) is 0 Å². The lowest BCUT2D eigenvalue weighted by Gasteiger charge is -2.32. The summed E-state index contributed by atoms with van der Waals surface area (Å²) in [6, 6.07) is 4.68. The van der Waals surface area contributed by atoms with Crippen molar-refractivity contribution in [1.29, 1.82) is 0 Å². The minimum atomic E-state index is -3.62. The first-order valence-corrected chi connectivity index (χ1v) is 8.69. The molecular formula is C14H22N4O3S. The fourth-order valence-electron chi connectivity index (χ4n) is 2.27. The molecule has 0 bridgehead atoms. The topological polar surface area (TPSA) is 91.4 Å². The highest BCUT2D eigenvalue weighted by Crippen LogP contribution is 2.27. The van der Waals surface area contributed by atoms with Crippen LogP contribution in [0.2, 0.25) is 0 Å². The van der Waals surface area contributed by atoms with Gasteiger partial charge in [0.15, 0.2) is 5.03 Å². The van der Waals surface area contributed by atoms with Gasteiger partial charge in [0.1, 0.15) is 5.82 Å². The zero-order valence-corrected chi connectivity index (χ0v) is 13.9. The molecule has 1 aromatic heterocycles. The van der Waals surface area contributed by atoms with Crippen molar-refractivity contribution in [3.8, 4) is 0 Å². The number of carbonyl (C=O) groups is 1. The van der Waals surface area contributed by atoms with E-state index in [1.807, 2.05) is 0 Å². The molecule has 2 N–H and O–H groups in total. The number of likely N-dealkylation sites (N-methyl/N-ethyl adjacent to an activating group) is 1. The van der Waals surface area contributed by atoms with Crippen molar-refractivity contribution in [1.82, 2.24) is 14.6 Å².